The Morgan fingerprint density at radius 2 is 1.90 bits per heavy atom. The fraction of sp³-hybridized carbons (Fsp3) is 0.385. The average Bonchev–Trinajstić information content (AvgIpc) is 2.91. The fourth-order valence-electron chi connectivity index (χ4n) is 1.69. The lowest BCUT2D eigenvalue weighted by molar-refractivity contribution is -0.142. The number of ether oxygens (including phenoxy) is 2. The number of hydrogen-bond acceptors (Lipinski definition) is 4. The van der Waals surface area contributed by atoms with E-state index in [1.807, 2.05) is 38.2 Å². The van der Waals surface area contributed by atoms with E-state index in [1.165, 1.54) is 0 Å². The number of benzene rings is 1. The predicted octanol–water partition coefficient (Wildman–Crippen LogP) is 3.86. The van der Waals surface area contributed by atoms with Crippen molar-refractivity contribution in [3.63, 3.8) is 0 Å². The van der Waals surface area contributed by atoms with Crippen LogP contribution in [-0.4, -0.2) is 28.2 Å². The van der Waals surface area contributed by atoms with Crippen LogP contribution in [0.15, 0.2) is 33.3 Å². The normalized spacial score (nSPS) is 11.2. The summed E-state index contributed by atoms with van der Waals surface area (Å²) >= 11 is 6.95. The number of hydrogen-bond donors (Lipinski definition) is 0. The maximum atomic E-state index is 5.51. The van der Waals surface area contributed by atoms with E-state index in [-0.39, 0.29) is 0 Å². The standard InChI is InChI=1S/C13H15Br2N3O2/c1-3-19-13(20-4-2)11-8-18(17-16-11)12-7-9(14)5-6-10(12)15/h5-8,13H,3-4H2,1-2H3. The topological polar surface area (TPSA) is 49.2 Å². The second kappa shape index (κ2) is 7.31. The molecule has 0 aliphatic rings. The minimum absolute atomic E-state index is 0.482. The summed E-state index contributed by atoms with van der Waals surface area (Å²) in [5.74, 6) is 0. The van der Waals surface area contributed by atoms with Crippen LogP contribution in [0.25, 0.3) is 5.69 Å². The van der Waals surface area contributed by atoms with Gasteiger partial charge < -0.3 is 9.47 Å². The third-order valence-electron chi connectivity index (χ3n) is 2.54. The molecule has 108 valence electrons. The molecule has 0 aliphatic heterocycles. The Morgan fingerprint density at radius 3 is 2.55 bits per heavy atom. The molecule has 1 aromatic heterocycles. The number of rotatable bonds is 6. The van der Waals surface area contributed by atoms with Crippen LogP contribution in [0.1, 0.15) is 25.8 Å². The molecule has 0 radical (unpaired) electrons. The molecule has 0 atom stereocenters. The second-order valence-electron chi connectivity index (χ2n) is 3.93. The van der Waals surface area contributed by atoms with Crippen LogP contribution in [0.3, 0.4) is 0 Å². The average molecular weight is 405 g/mol. The van der Waals surface area contributed by atoms with E-state index in [2.05, 4.69) is 42.2 Å². The van der Waals surface area contributed by atoms with Gasteiger partial charge in [0.15, 0.2) is 0 Å². The third-order valence-corrected chi connectivity index (χ3v) is 3.71. The molecule has 0 saturated heterocycles. The van der Waals surface area contributed by atoms with E-state index < -0.39 is 6.29 Å². The monoisotopic (exact) mass is 403 g/mol. The first-order valence-corrected chi connectivity index (χ1v) is 7.85. The molecule has 1 heterocycles. The molecule has 0 N–H and O–H groups in total. The molecule has 1 aromatic carbocycles. The molecule has 7 heteroatoms. The van der Waals surface area contributed by atoms with E-state index in [1.54, 1.807) is 4.68 Å². The van der Waals surface area contributed by atoms with E-state index >= 15 is 0 Å². The highest BCUT2D eigenvalue weighted by atomic mass is 79.9. The molecular formula is C13H15Br2N3O2. The molecule has 2 aromatic rings. The second-order valence-corrected chi connectivity index (χ2v) is 5.70. The van der Waals surface area contributed by atoms with E-state index in [0.29, 0.717) is 18.9 Å². The van der Waals surface area contributed by atoms with E-state index in [4.69, 9.17) is 9.47 Å². The summed E-state index contributed by atoms with van der Waals surface area (Å²) in [5.41, 5.74) is 1.55. The van der Waals surface area contributed by atoms with Crippen LogP contribution in [-0.2, 0) is 9.47 Å². The first-order valence-electron chi connectivity index (χ1n) is 6.26. The van der Waals surface area contributed by atoms with Crippen LogP contribution in [0.5, 0.6) is 0 Å². The van der Waals surface area contributed by atoms with Crippen LogP contribution in [0, 0.1) is 0 Å². The van der Waals surface area contributed by atoms with Gasteiger partial charge in [-0.3, -0.25) is 0 Å². The van der Waals surface area contributed by atoms with Crippen molar-refractivity contribution in [3.8, 4) is 5.69 Å². The zero-order valence-corrected chi connectivity index (χ0v) is 14.4. The molecule has 20 heavy (non-hydrogen) atoms. The molecule has 2 rings (SSSR count). The summed E-state index contributed by atoms with van der Waals surface area (Å²) < 4.78 is 14.6. The van der Waals surface area contributed by atoms with Gasteiger partial charge in [-0.2, -0.15) is 0 Å². The molecule has 0 unspecified atom stereocenters. The van der Waals surface area contributed by atoms with E-state index in [9.17, 15) is 0 Å². The first-order chi connectivity index (χ1) is 9.65. The lowest BCUT2D eigenvalue weighted by Gasteiger charge is -2.13. The van der Waals surface area contributed by atoms with Crippen LogP contribution in [0.2, 0.25) is 0 Å². The summed E-state index contributed by atoms with van der Waals surface area (Å²) in [5, 5.41) is 8.26. The maximum Gasteiger partial charge on any atom is 0.204 e. The van der Waals surface area contributed by atoms with Crippen molar-refractivity contribution >= 4 is 31.9 Å². The van der Waals surface area contributed by atoms with Crippen molar-refractivity contribution in [2.75, 3.05) is 13.2 Å². The smallest absolute Gasteiger partial charge is 0.204 e. The summed E-state index contributed by atoms with van der Waals surface area (Å²) in [7, 11) is 0. The van der Waals surface area contributed by atoms with Gasteiger partial charge in [0.25, 0.3) is 0 Å². The van der Waals surface area contributed by atoms with Crippen LogP contribution >= 0.6 is 31.9 Å². The Labute approximate surface area is 134 Å². The molecular weight excluding hydrogens is 390 g/mol. The third kappa shape index (κ3) is 3.66. The lowest BCUT2D eigenvalue weighted by atomic mass is 10.3. The van der Waals surface area contributed by atoms with Gasteiger partial charge >= 0.3 is 0 Å². The van der Waals surface area contributed by atoms with Crippen molar-refractivity contribution in [1.29, 1.82) is 0 Å². The Morgan fingerprint density at radius 1 is 1.20 bits per heavy atom. The number of halogens is 2. The van der Waals surface area contributed by atoms with Crippen molar-refractivity contribution in [2.24, 2.45) is 0 Å². The Balaban J connectivity index is 2.29. The van der Waals surface area contributed by atoms with Gasteiger partial charge in [0.2, 0.25) is 6.29 Å². The molecule has 5 nitrogen and oxygen atoms in total. The van der Waals surface area contributed by atoms with Crippen molar-refractivity contribution in [1.82, 2.24) is 15.0 Å². The van der Waals surface area contributed by atoms with Gasteiger partial charge in [0.05, 0.1) is 11.9 Å². The summed E-state index contributed by atoms with van der Waals surface area (Å²) in [6.07, 6.45) is 1.33. The summed E-state index contributed by atoms with van der Waals surface area (Å²) in [6.45, 7) is 4.94. The van der Waals surface area contributed by atoms with Crippen molar-refractivity contribution < 1.29 is 9.47 Å². The largest absolute Gasteiger partial charge is 0.347 e. The maximum absolute atomic E-state index is 5.51. The zero-order chi connectivity index (χ0) is 14.5. The number of aromatic nitrogens is 3. The van der Waals surface area contributed by atoms with Crippen LogP contribution < -0.4 is 0 Å². The Kier molecular flexibility index (Phi) is 5.71. The molecule has 0 spiro atoms. The highest BCUT2D eigenvalue weighted by Gasteiger charge is 2.16. The summed E-state index contributed by atoms with van der Waals surface area (Å²) in [4.78, 5) is 0. The van der Waals surface area contributed by atoms with Gasteiger partial charge in [0, 0.05) is 22.2 Å². The minimum Gasteiger partial charge on any atom is -0.347 e. The van der Waals surface area contributed by atoms with Gasteiger partial charge in [-0.05, 0) is 48.0 Å². The Bertz CT molecular complexity index is 568. The summed E-state index contributed by atoms with van der Waals surface area (Å²) in [6, 6.07) is 5.86. The van der Waals surface area contributed by atoms with Gasteiger partial charge in [0.1, 0.15) is 5.69 Å². The van der Waals surface area contributed by atoms with Crippen molar-refractivity contribution in [3.05, 3.63) is 39.0 Å². The highest BCUT2D eigenvalue weighted by Crippen LogP contribution is 2.25. The predicted molar refractivity (Wildman–Crippen MR) is 82.8 cm³/mol. The fourth-order valence-corrected chi connectivity index (χ4v) is 2.46. The highest BCUT2D eigenvalue weighted by molar-refractivity contribution is 9.11. The quantitative estimate of drug-likeness (QED) is 0.685. The molecule has 0 bridgehead atoms. The van der Waals surface area contributed by atoms with E-state index in [0.717, 1.165) is 14.6 Å². The lowest BCUT2D eigenvalue weighted by Crippen LogP contribution is -2.09. The Hall–Kier alpha value is -0.760. The molecule has 0 amide bonds. The van der Waals surface area contributed by atoms with Crippen LogP contribution in [0.4, 0.5) is 0 Å². The molecule has 0 saturated carbocycles. The minimum atomic E-state index is -0.482. The molecule has 0 aliphatic carbocycles. The number of nitrogens with zero attached hydrogens (tertiary/aromatic N) is 3. The van der Waals surface area contributed by atoms with Gasteiger partial charge in [-0.25, -0.2) is 4.68 Å². The first kappa shape index (κ1) is 15.6. The van der Waals surface area contributed by atoms with Gasteiger partial charge in [-0.1, -0.05) is 21.1 Å². The SMILES string of the molecule is CCOC(OCC)c1cn(-c2cc(Br)ccc2Br)nn1. The molecule has 0 fully saturated rings. The zero-order valence-electron chi connectivity index (χ0n) is 11.2. The van der Waals surface area contributed by atoms with Gasteiger partial charge in [-0.15, -0.1) is 5.10 Å². The van der Waals surface area contributed by atoms with Crippen molar-refractivity contribution in [2.45, 2.75) is 20.1 Å².